The fraction of sp³-hybridized carbons (Fsp3) is 0.500. The van der Waals surface area contributed by atoms with E-state index in [4.69, 9.17) is 0 Å². The Kier molecular flexibility index (Phi) is 3.99. The summed E-state index contributed by atoms with van der Waals surface area (Å²) in [5.41, 5.74) is 3.32. The maximum atomic E-state index is 12.3. The maximum absolute atomic E-state index is 12.3. The number of carbonyl (C=O) groups is 1. The molecule has 1 atom stereocenters. The fourth-order valence-corrected chi connectivity index (χ4v) is 2.33. The van der Waals surface area contributed by atoms with E-state index in [0.29, 0.717) is 6.54 Å². The Bertz CT molecular complexity index is 418. The molecule has 1 saturated heterocycles. The molecule has 0 saturated carbocycles. The van der Waals surface area contributed by atoms with E-state index in [-0.39, 0.29) is 11.9 Å². The van der Waals surface area contributed by atoms with Crippen molar-refractivity contribution in [3.63, 3.8) is 0 Å². The first-order valence-corrected chi connectivity index (χ1v) is 6.38. The molecule has 18 heavy (non-hydrogen) atoms. The Morgan fingerprint density at radius 2 is 1.89 bits per heavy atom. The maximum Gasteiger partial charge on any atom is 0.245 e. The van der Waals surface area contributed by atoms with Crippen LogP contribution < -0.4 is 15.5 Å². The van der Waals surface area contributed by atoms with E-state index in [0.717, 1.165) is 18.8 Å². The van der Waals surface area contributed by atoms with Gasteiger partial charge in [-0.2, -0.15) is 0 Å². The standard InChI is InChI=1S/C14H21N3O/c1-10-6-11(2)8-12(7-10)17(3)14(18)13-9-15-4-5-16-13/h6-8,13,15-16H,4-5,9H2,1-3H3. The van der Waals surface area contributed by atoms with Crippen molar-refractivity contribution in [1.29, 1.82) is 0 Å². The Hall–Kier alpha value is -1.39. The van der Waals surface area contributed by atoms with Crippen LogP contribution in [0, 0.1) is 13.8 Å². The van der Waals surface area contributed by atoms with E-state index >= 15 is 0 Å². The first kappa shape index (κ1) is 13.1. The number of benzene rings is 1. The highest BCUT2D eigenvalue weighted by Gasteiger charge is 2.24. The molecule has 1 aliphatic rings. The number of nitrogens with zero attached hydrogens (tertiary/aromatic N) is 1. The summed E-state index contributed by atoms with van der Waals surface area (Å²) in [5, 5.41) is 6.48. The number of carbonyl (C=O) groups excluding carboxylic acids is 1. The third-order valence-electron chi connectivity index (χ3n) is 3.26. The fourth-order valence-electron chi connectivity index (χ4n) is 2.33. The van der Waals surface area contributed by atoms with Crippen molar-refractivity contribution in [2.45, 2.75) is 19.9 Å². The third kappa shape index (κ3) is 2.89. The first-order valence-electron chi connectivity index (χ1n) is 6.38. The van der Waals surface area contributed by atoms with Crippen LogP contribution in [-0.2, 0) is 4.79 Å². The molecule has 1 aromatic rings. The molecular formula is C14H21N3O. The molecule has 1 fully saturated rings. The highest BCUT2D eigenvalue weighted by atomic mass is 16.2. The number of hydrogen-bond acceptors (Lipinski definition) is 3. The van der Waals surface area contributed by atoms with Gasteiger partial charge in [0.1, 0.15) is 0 Å². The predicted molar refractivity (Wildman–Crippen MR) is 74.0 cm³/mol. The van der Waals surface area contributed by atoms with E-state index in [1.807, 2.05) is 19.2 Å². The SMILES string of the molecule is Cc1cc(C)cc(N(C)C(=O)C2CNCCN2)c1. The summed E-state index contributed by atoms with van der Waals surface area (Å²) in [4.78, 5) is 14.1. The van der Waals surface area contributed by atoms with Gasteiger partial charge in [0.05, 0.1) is 6.04 Å². The Morgan fingerprint density at radius 3 is 2.44 bits per heavy atom. The molecule has 2 rings (SSSR count). The summed E-state index contributed by atoms with van der Waals surface area (Å²) in [5.74, 6) is 0.118. The summed E-state index contributed by atoms with van der Waals surface area (Å²) >= 11 is 0. The molecule has 98 valence electrons. The number of amides is 1. The van der Waals surface area contributed by atoms with E-state index < -0.39 is 0 Å². The quantitative estimate of drug-likeness (QED) is 0.813. The number of piperazine rings is 1. The second kappa shape index (κ2) is 5.50. The van der Waals surface area contributed by atoms with E-state index in [9.17, 15) is 4.79 Å². The van der Waals surface area contributed by atoms with Crippen LogP contribution in [-0.4, -0.2) is 38.6 Å². The van der Waals surface area contributed by atoms with E-state index in [1.54, 1.807) is 4.90 Å². The molecular weight excluding hydrogens is 226 g/mol. The monoisotopic (exact) mass is 247 g/mol. The number of rotatable bonds is 2. The minimum Gasteiger partial charge on any atom is -0.314 e. The number of nitrogens with one attached hydrogen (secondary N) is 2. The smallest absolute Gasteiger partial charge is 0.245 e. The minimum absolute atomic E-state index is 0.118. The molecule has 1 aromatic carbocycles. The molecule has 4 heteroatoms. The van der Waals surface area contributed by atoms with Gasteiger partial charge in [-0.3, -0.25) is 4.79 Å². The third-order valence-corrected chi connectivity index (χ3v) is 3.26. The van der Waals surface area contributed by atoms with Crippen molar-refractivity contribution < 1.29 is 4.79 Å². The topological polar surface area (TPSA) is 44.4 Å². The molecule has 0 radical (unpaired) electrons. The van der Waals surface area contributed by atoms with Gasteiger partial charge in [-0.15, -0.1) is 0 Å². The average Bonchev–Trinajstić information content (AvgIpc) is 2.37. The zero-order chi connectivity index (χ0) is 13.1. The lowest BCUT2D eigenvalue weighted by Gasteiger charge is -2.28. The molecule has 1 amide bonds. The van der Waals surface area contributed by atoms with Gasteiger partial charge >= 0.3 is 0 Å². The molecule has 2 N–H and O–H groups in total. The second-order valence-electron chi connectivity index (χ2n) is 4.95. The van der Waals surface area contributed by atoms with Gasteiger partial charge in [-0.1, -0.05) is 6.07 Å². The van der Waals surface area contributed by atoms with E-state index in [1.165, 1.54) is 11.1 Å². The Labute approximate surface area is 108 Å². The molecule has 4 nitrogen and oxygen atoms in total. The van der Waals surface area contributed by atoms with Crippen LogP contribution in [0.2, 0.25) is 0 Å². The molecule has 1 unspecified atom stereocenters. The Morgan fingerprint density at radius 1 is 1.22 bits per heavy atom. The molecule has 1 aliphatic heterocycles. The molecule has 0 spiro atoms. The summed E-state index contributed by atoms with van der Waals surface area (Å²) in [6.45, 7) is 6.58. The van der Waals surface area contributed by atoms with Crippen molar-refractivity contribution in [3.8, 4) is 0 Å². The summed E-state index contributed by atoms with van der Waals surface area (Å²) in [6, 6.07) is 6.08. The van der Waals surface area contributed by atoms with Gasteiger partial charge in [-0.05, 0) is 37.1 Å². The molecule has 1 heterocycles. The normalized spacial score (nSPS) is 19.6. The zero-order valence-corrected chi connectivity index (χ0v) is 11.3. The predicted octanol–water partition coefficient (Wildman–Crippen LogP) is 0.828. The summed E-state index contributed by atoms with van der Waals surface area (Å²) in [6.07, 6.45) is 0. The van der Waals surface area contributed by atoms with E-state index in [2.05, 4.69) is 30.5 Å². The highest BCUT2D eigenvalue weighted by molar-refractivity contribution is 5.97. The number of aryl methyl sites for hydroxylation is 2. The van der Waals surface area contributed by atoms with Crippen LogP contribution >= 0.6 is 0 Å². The van der Waals surface area contributed by atoms with Crippen LogP contribution in [0.3, 0.4) is 0 Å². The number of likely N-dealkylation sites (N-methyl/N-ethyl adjacent to an activating group) is 1. The summed E-state index contributed by atoms with van der Waals surface area (Å²) in [7, 11) is 1.84. The molecule has 0 bridgehead atoms. The lowest BCUT2D eigenvalue weighted by molar-refractivity contribution is -0.120. The van der Waals surface area contributed by atoms with Gasteiger partial charge in [0.15, 0.2) is 0 Å². The van der Waals surface area contributed by atoms with Crippen LogP contribution in [0.5, 0.6) is 0 Å². The van der Waals surface area contributed by atoms with Crippen LogP contribution in [0.4, 0.5) is 5.69 Å². The van der Waals surface area contributed by atoms with Gasteiger partial charge in [0, 0.05) is 32.4 Å². The zero-order valence-electron chi connectivity index (χ0n) is 11.3. The second-order valence-corrected chi connectivity index (χ2v) is 4.95. The Balaban J connectivity index is 2.14. The summed E-state index contributed by atoms with van der Waals surface area (Å²) < 4.78 is 0. The van der Waals surface area contributed by atoms with Crippen molar-refractivity contribution in [2.24, 2.45) is 0 Å². The average molecular weight is 247 g/mol. The van der Waals surface area contributed by atoms with Crippen LogP contribution in [0.25, 0.3) is 0 Å². The number of hydrogen-bond donors (Lipinski definition) is 2. The minimum atomic E-state index is -0.121. The molecule has 0 aliphatic carbocycles. The largest absolute Gasteiger partial charge is 0.314 e. The lowest BCUT2D eigenvalue weighted by Crippen LogP contribution is -2.56. The van der Waals surface area contributed by atoms with Crippen LogP contribution in [0.15, 0.2) is 18.2 Å². The van der Waals surface area contributed by atoms with Crippen molar-refractivity contribution in [3.05, 3.63) is 29.3 Å². The van der Waals surface area contributed by atoms with Crippen molar-refractivity contribution in [1.82, 2.24) is 10.6 Å². The van der Waals surface area contributed by atoms with Gasteiger partial charge < -0.3 is 15.5 Å². The highest BCUT2D eigenvalue weighted by Crippen LogP contribution is 2.18. The molecule has 0 aromatic heterocycles. The number of anilines is 1. The van der Waals surface area contributed by atoms with Crippen molar-refractivity contribution >= 4 is 11.6 Å². The van der Waals surface area contributed by atoms with Gasteiger partial charge in [-0.25, -0.2) is 0 Å². The van der Waals surface area contributed by atoms with Crippen LogP contribution in [0.1, 0.15) is 11.1 Å². The van der Waals surface area contributed by atoms with Gasteiger partial charge in [0.2, 0.25) is 5.91 Å². The first-order chi connectivity index (χ1) is 8.58. The van der Waals surface area contributed by atoms with Crippen molar-refractivity contribution in [2.75, 3.05) is 31.6 Å². The van der Waals surface area contributed by atoms with Gasteiger partial charge in [0.25, 0.3) is 0 Å². The lowest BCUT2D eigenvalue weighted by atomic mass is 10.1.